The fraction of sp³-hybridized carbons (Fsp3) is 0.368. The molecule has 130 valence electrons. The molecule has 5 nitrogen and oxygen atoms in total. The highest BCUT2D eigenvalue weighted by Crippen LogP contribution is 2.33. The highest BCUT2D eigenvalue weighted by atomic mass is 32.2. The molecule has 0 saturated carbocycles. The molecule has 6 heteroatoms. The van der Waals surface area contributed by atoms with Crippen molar-refractivity contribution in [3.05, 3.63) is 36.5 Å². The summed E-state index contributed by atoms with van der Waals surface area (Å²) in [5.41, 5.74) is 2.78. The van der Waals surface area contributed by atoms with Gasteiger partial charge in [0, 0.05) is 34.7 Å². The van der Waals surface area contributed by atoms with Crippen LogP contribution in [0.4, 0.5) is 0 Å². The van der Waals surface area contributed by atoms with Crippen molar-refractivity contribution in [1.29, 1.82) is 0 Å². The summed E-state index contributed by atoms with van der Waals surface area (Å²) in [4.78, 5) is 4.45. The number of pyridine rings is 1. The van der Waals surface area contributed by atoms with Gasteiger partial charge < -0.3 is 5.11 Å². The second kappa shape index (κ2) is 6.95. The number of H-pyrrole nitrogens is 1. The summed E-state index contributed by atoms with van der Waals surface area (Å²) in [7, 11) is 0. The molecule has 0 atom stereocenters. The van der Waals surface area contributed by atoms with Crippen LogP contribution >= 0.6 is 11.9 Å². The van der Waals surface area contributed by atoms with Gasteiger partial charge >= 0.3 is 0 Å². The molecule has 0 bridgehead atoms. The van der Waals surface area contributed by atoms with Crippen molar-refractivity contribution in [3.8, 4) is 23.0 Å². The van der Waals surface area contributed by atoms with Gasteiger partial charge in [-0.05, 0) is 43.7 Å². The molecule has 3 heterocycles. The molecule has 0 aliphatic carbocycles. The molecule has 0 radical (unpaired) electrons. The molecule has 25 heavy (non-hydrogen) atoms. The lowest BCUT2D eigenvalue weighted by Gasteiger charge is -2.07. The first-order valence-corrected chi connectivity index (χ1v) is 9.17. The average molecular weight is 354 g/mol. The van der Waals surface area contributed by atoms with Gasteiger partial charge in [0.2, 0.25) is 0 Å². The lowest BCUT2D eigenvalue weighted by molar-refractivity contribution is 0.143. The van der Waals surface area contributed by atoms with Crippen LogP contribution < -0.4 is 0 Å². The highest BCUT2D eigenvalue weighted by molar-refractivity contribution is 7.98. The van der Waals surface area contributed by atoms with Crippen LogP contribution in [0, 0.1) is 17.8 Å². The normalized spacial score (nSPS) is 11.8. The second-order valence-corrected chi connectivity index (χ2v) is 7.93. The van der Waals surface area contributed by atoms with Crippen molar-refractivity contribution < 1.29 is 5.11 Å². The number of nitrogens with one attached hydrogen (secondary N) is 1. The predicted molar refractivity (Wildman–Crippen MR) is 103 cm³/mol. The Bertz CT molecular complexity index is 924. The van der Waals surface area contributed by atoms with E-state index in [1.807, 2.05) is 24.7 Å². The van der Waals surface area contributed by atoms with Gasteiger partial charge in [0.1, 0.15) is 11.3 Å². The van der Waals surface area contributed by atoms with Crippen LogP contribution in [-0.4, -0.2) is 35.6 Å². The lowest BCUT2D eigenvalue weighted by Crippen LogP contribution is -2.14. The highest BCUT2D eigenvalue weighted by Gasteiger charge is 2.13. The Balaban J connectivity index is 2.09. The van der Waals surface area contributed by atoms with Crippen LogP contribution in [-0.2, 0) is 0 Å². The van der Waals surface area contributed by atoms with Gasteiger partial charge in [-0.25, -0.2) is 4.98 Å². The molecule has 0 fully saturated rings. The molecule has 3 aromatic heterocycles. The number of aliphatic hydroxyl groups is 1. The molecule has 3 rings (SSSR count). The maximum Gasteiger partial charge on any atom is 0.120 e. The first-order chi connectivity index (χ1) is 11.8. The van der Waals surface area contributed by atoms with E-state index in [4.69, 9.17) is 0 Å². The Morgan fingerprint density at radius 2 is 2.16 bits per heavy atom. The topological polar surface area (TPSA) is 66.7 Å². The molecule has 0 spiro atoms. The van der Waals surface area contributed by atoms with Gasteiger partial charge in [0.15, 0.2) is 0 Å². The van der Waals surface area contributed by atoms with E-state index in [-0.39, 0.29) is 0 Å². The quantitative estimate of drug-likeness (QED) is 0.701. The number of rotatable bonds is 4. The zero-order chi connectivity index (χ0) is 18.0. The summed E-state index contributed by atoms with van der Waals surface area (Å²) < 4.78 is 2.16. The summed E-state index contributed by atoms with van der Waals surface area (Å²) in [6.45, 7) is 7.74. The molecular weight excluding hydrogens is 332 g/mol. The predicted octanol–water partition coefficient (Wildman–Crippen LogP) is 3.70. The van der Waals surface area contributed by atoms with Crippen molar-refractivity contribution >= 4 is 22.9 Å². The minimum atomic E-state index is -1.04. The van der Waals surface area contributed by atoms with Crippen molar-refractivity contribution in [1.82, 2.24) is 19.2 Å². The first-order valence-electron chi connectivity index (χ1n) is 8.22. The number of hydrogen-bond acceptors (Lipinski definition) is 4. The van der Waals surface area contributed by atoms with Gasteiger partial charge in [0.25, 0.3) is 0 Å². The number of fused-ring (bicyclic) bond motifs is 1. The molecular formula is C19H22N4OS. The maximum absolute atomic E-state index is 9.80. The maximum atomic E-state index is 9.80. The van der Waals surface area contributed by atoms with Crippen LogP contribution in [0.1, 0.15) is 33.4 Å². The van der Waals surface area contributed by atoms with E-state index < -0.39 is 5.60 Å². The van der Waals surface area contributed by atoms with E-state index in [2.05, 4.69) is 51.0 Å². The Hall–Kier alpha value is -2.23. The molecule has 0 aromatic carbocycles. The van der Waals surface area contributed by atoms with E-state index >= 15 is 0 Å². The Morgan fingerprint density at radius 3 is 2.80 bits per heavy atom. The molecule has 3 aromatic rings. The van der Waals surface area contributed by atoms with Gasteiger partial charge in [-0.1, -0.05) is 19.8 Å². The van der Waals surface area contributed by atoms with Crippen molar-refractivity contribution in [2.75, 3.05) is 5.75 Å². The van der Waals surface area contributed by atoms with Crippen molar-refractivity contribution in [3.63, 3.8) is 0 Å². The smallest absolute Gasteiger partial charge is 0.120 e. The van der Waals surface area contributed by atoms with E-state index in [1.165, 1.54) is 0 Å². The standard InChI is InChI=1S/C19H22N4OS/c1-13(2)12-25-23-11-17(14-8-21-22-9-14)16-7-15(20-10-18(16)23)5-6-19(3,4)24/h7-11,13,24H,12H2,1-4H3,(H,21,22). The van der Waals surface area contributed by atoms with Crippen LogP contribution in [0.25, 0.3) is 22.0 Å². The van der Waals surface area contributed by atoms with Crippen LogP contribution in [0.2, 0.25) is 0 Å². The van der Waals surface area contributed by atoms with Crippen LogP contribution in [0.15, 0.2) is 30.9 Å². The second-order valence-electron chi connectivity index (χ2n) is 6.94. The molecule has 0 unspecified atom stereocenters. The van der Waals surface area contributed by atoms with Crippen LogP contribution in [0.5, 0.6) is 0 Å². The molecule has 0 saturated heterocycles. The van der Waals surface area contributed by atoms with Gasteiger partial charge in [-0.2, -0.15) is 5.10 Å². The summed E-state index contributed by atoms with van der Waals surface area (Å²) in [5, 5.41) is 17.8. The van der Waals surface area contributed by atoms with E-state index in [9.17, 15) is 5.11 Å². The first kappa shape index (κ1) is 17.6. The number of nitrogens with zero attached hydrogens (tertiary/aromatic N) is 3. The third kappa shape index (κ3) is 4.25. The third-order valence-electron chi connectivity index (χ3n) is 3.51. The van der Waals surface area contributed by atoms with Gasteiger partial charge in [-0.15, -0.1) is 0 Å². The average Bonchev–Trinajstić information content (AvgIpc) is 3.17. The lowest BCUT2D eigenvalue weighted by atomic mass is 10.1. The Kier molecular flexibility index (Phi) is 4.89. The van der Waals surface area contributed by atoms with Crippen molar-refractivity contribution in [2.45, 2.75) is 33.3 Å². The summed E-state index contributed by atoms with van der Waals surface area (Å²) in [5.74, 6) is 7.40. The zero-order valence-electron chi connectivity index (χ0n) is 14.9. The Labute approximate surface area is 152 Å². The van der Waals surface area contributed by atoms with E-state index in [0.29, 0.717) is 11.6 Å². The SMILES string of the molecule is CC(C)CSn1cc(-c2cn[nH]c2)c2cc(C#CC(C)(C)O)ncc21. The molecule has 0 aliphatic heterocycles. The minimum Gasteiger partial charge on any atom is -0.378 e. The molecule has 2 N–H and O–H groups in total. The van der Waals surface area contributed by atoms with E-state index in [1.54, 1.807) is 25.8 Å². The number of aromatic nitrogens is 4. The fourth-order valence-electron chi connectivity index (χ4n) is 2.35. The van der Waals surface area contributed by atoms with Gasteiger partial charge in [-0.3, -0.25) is 9.07 Å². The number of hydrogen-bond donors (Lipinski definition) is 2. The summed E-state index contributed by atoms with van der Waals surface area (Å²) in [6.07, 6.45) is 7.67. The summed E-state index contributed by atoms with van der Waals surface area (Å²) in [6, 6.07) is 1.98. The number of aromatic amines is 1. The summed E-state index contributed by atoms with van der Waals surface area (Å²) >= 11 is 1.77. The zero-order valence-corrected chi connectivity index (χ0v) is 15.7. The van der Waals surface area contributed by atoms with Crippen LogP contribution in [0.3, 0.4) is 0 Å². The monoisotopic (exact) mass is 354 g/mol. The molecule has 0 aliphatic rings. The molecule has 0 amide bonds. The largest absolute Gasteiger partial charge is 0.378 e. The Morgan fingerprint density at radius 1 is 1.36 bits per heavy atom. The third-order valence-corrected chi connectivity index (χ3v) is 4.91. The van der Waals surface area contributed by atoms with Crippen molar-refractivity contribution in [2.24, 2.45) is 5.92 Å². The fourth-order valence-corrected chi connectivity index (χ4v) is 3.27. The minimum absolute atomic E-state index is 0.602. The van der Waals surface area contributed by atoms with Gasteiger partial charge in [0.05, 0.1) is 17.9 Å². The van der Waals surface area contributed by atoms with E-state index in [0.717, 1.165) is 27.8 Å².